The molecule has 0 bridgehead atoms. The lowest BCUT2D eigenvalue weighted by atomic mass is 10.3. The Hall–Kier alpha value is -1.56. The molecule has 0 radical (unpaired) electrons. The molecule has 0 N–H and O–H groups in total. The first kappa shape index (κ1) is 16.5. The summed E-state index contributed by atoms with van der Waals surface area (Å²) in [6, 6.07) is 2.80. The maximum atomic E-state index is 13.9. The fourth-order valence-corrected chi connectivity index (χ4v) is 1.50. The van der Waals surface area contributed by atoms with Crippen LogP contribution in [0.2, 0.25) is 0 Å². The maximum absolute atomic E-state index is 13.9. The maximum Gasteiger partial charge on any atom is 0.182 e. The summed E-state index contributed by atoms with van der Waals surface area (Å²) >= 11 is 3.98. The van der Waals surface area contributed by atoms with Crippen LogP contribution in [0.4, 0.5) is 13.2 Å². The Labute approximate surface area is 121 Å². The van der Waals surface area contributed by atoms with Crippen molar-refractivity contribution in [1.82, 2.24) is 0 Å². The largest absolute Gasteiger partial charge is 0.488 e. The first-order valence-corrected chi connectivity index (χ1v) is 6.28. The highest BCUT2D eigenvalue weighted by Crippen LogP contribution is 2.32. The molecule has 0 aliphatic rings. The van der Waals surface area contributed by atoms with Gasteiger partial charge in [-0.05, 0) is 38.1 Å². The molecule has 1 aromatic rings. The summed E-state index contributed by atoms with van der Waals surface area (Å²) in [6.45, 7) is 2.43. The fourth-order valence-electron chi connectivity index (χ4n) is 1.25. The molecule has 1 rings (SSSR count). The number of thiol groups is 1. The molecule has 0 aromatic heterocycles. The monoisotopic (exact) mass is 304 g/mol. The molecule has 0 heterocycles. The number of ether oxygens (including phenoxy) is 2. The van der Waals surface area contributed by atoms with Crippen LogP contribution in [0.3, 0.4) is 0 Å². The Morgan fingerprint density at radius 2 is 1.50 bits per heavy atom. The van der Waals surface area contributed by atoms with Gasteiger partial charge >= 0.3 is 0 Å². The first-order chi connectivity index (χ1) is 9.41. The van der Waals surface area contributed by atoms with Crippen molar-refractivity contribution in [3.05, 3.63) is 41.8 Å². The van der Waals surface area contributed by atoms with Gasteiger partial charge < -0.3 is 9.47 Å². The van der Waals surface area contributed by atoms with E-state index in [9.17, 15) is 13.2 Å². The lowest BCUT2D eigenvalue weighted by molar-refractivity contribution is 0.320. The number of rotatable bonds is 6. The van der Waals surface area contributed by atoms with Crippen LogP contribution in [0.1, 0.15) is 13.8 Å². The summed E-state index contributed by atoms with van der Waals surface area (Å²) in [6.07, 6.45) is 2.39. The van der Waals surface area contributed by atoms with Gasteiger partial charge in [-0.25, -0.2) is 13.2 Å². The van der Waals surface area contributed by atoms with Crippen LogP contribution in [0, 0.1) is 5.82 Å². The zero-order valence-electron chi connectivity index (χ0n) is 11.1. The summed E-state index contributed by atoms with van der Waals surface area (Å²) < 4.78 is 49.1. The SMILES string of the molecule is C/C(F)=C/COc1ccc(OC/C=C(/C)F)c(S)c1F. The van der Waals surface area contributed by atoms with Crippen molar-refractivity contribution >= 4 is 12.6 Å². The van der Waals surface area contributed by atoms with Crippen LogP contribution in [-0.4, -0.2) is 13.2 Å². The molecule has 0 unspecified atom stereocenters. The van der Waals surface area contributed by atoms with Crippen LogP contribution in [0.15, 0.2) is 40.8 Å². The van der Waals surface area contributed by atoms with Gasteiger partial charge in [-0.1, -0.05) is 0 Å². The molecule has 1 aromatic carbocycles. The van der Waals surface area contributed by atoms with Gasteiger partial charge in [0.25, 0.3) is 0 Å². The minimum atomic E-state index is -0.711. The Morgan fingerprint density at radius 1 is 1.05 bits per heavy atom. The minimum absolute atomic E-state index is 0.0285. The van der Waals surface area contributed by atoms with Crippen molar-refractivity contribution in [2.24, 2.45) is 0 Å². The Bertz CT molecular complexity index is 472. The normalized spacial score (nSPS) is 12.5. The molecule has 0 atom stereocenters. The summed E-state index contributed by atoms with van der Waals surface area (Å²) in [5, 5.41) is 0. The van der Waals surface area contributed by atoms with E-state index in [1.807, 2.05) is 0 Å². The van der Waals surface area contributed by atoms with Gasteiger partial charge in [-0.2, -0.15) is 0 Å². The summed E-state index contributed by atoms with van der Waals surface area (Å²) in [4.78, 5) is -0.0478. The van der Waals surface area contributed by atoms with E-state index in [0.29, 0.717) is 0 Å². The van der Waals surface area contributed by atoms with E-state index >= 15 is 0 Å². The number of hydrogen-bond donors (Lipinski definition) is 1. The molecular weight excluding hydrogens is 289 g/mol. The smallest absolute Gasteiger partial charge is 0.182 e. The average molecular weight is 304 g/mol. The summed E-state index contributed by atoms with van der Waals surface area (Å²) in [5.74, 6) is -1.40. The molecular formula is C14H15F3O2S. The van der Waals surface area contributed by atoms with Crippen LogP contribution in [-0.2, 0) is 0 Å². The van der Waals surface area contributed by atoms with E-state index in [2.05, 4.69) is 12.6 Å². The van der Waals surface area contributed by atoms with E-state index in [1.54, 1.807) is 0 Å². The van der Waals surface area contributed by atoms with Crippen molar-refractivity contribution in [3.8, 4) is 11.5 Å². The molecule has 20 heavy (non-hydrogen) atoms. The third-order valence-electron chi connectivity index (χ3n) is 2.25. The number of benzene rings is 1. The lowest BCUT2D eigenvalue weighted by Gasteiger charge is -2.11. The first-order valence-electron chi connectivity index (χ1n) is 5.83. The lowest BCUT2D eigenvalue weighted by Crippen LogP contribution is -2.00. The van der Waals surface area contributed by atoms with Gasteiger partial charge in [-0.3, -0.25) is 0 Å². The second kappa shape index (κ2) is 7.89. The van der Waals surface area contributed by atoms with Crippen molar-refractivity contribution in [2.45, 2.75) is 18.7 Å². The van der Waals surface area contributed by atoms with Crippen molar-refractivity contribution in [1.29, 1.82) is 0 Å². The van der Waals surface area contributed by atoms with Gasteiger partial charge in [0.1, 0.15) is 19.0 Å². The van der Waals surface area contributed by atoms with E-state index in [0.717, 1.165) is 0 Å². The molecule has 0 aliphatic carbocycles. The fraction of sp³-hybridized carbons (Fsp3) is 0.286. The van der Waals surface area contributed by atoms with E-state index in [-0.39, 0.29) is 35.4 Å². The molecule has 0 saturated heterocycles. The highest BCUT2D eigenvalue weighted by atomic mass is 32.1. The zero-order valence-corrected chi connectivity index (χ0v) is 12.0. The summed E-state index contributed by atoms with van der Waals surface area (Å²) in [7, 11) is 0. The second-order valence-corrected chi connectivity index (χ2v) is 4.38. The Morgan fingerprint density at radius 3 is 2.00 bits per heavy atom. The van der Waals surface area contributed by atoms with Crippen LogP contribution >= 0.6 is 12.6 Å². The number of allylic oxidation sites excluding steroid dienone is 2. The van der Waals surface area contributed by atoms with Gasteiger partial charge in [0, 0.05) is 0 Å². The predicted molar refractivity (Wildman–Crippen MR) is 74.4 cm³/mol. The van der Waals surface area contributed by atoms with E-state index < -0.39 is 11.6 Å². The topological polar surface area (TPSA) is 18.5 Å². The standard InChI is InChI=1S/C14H15F3O2S/c1-9(15)5-7-18-11-3-4-12(14(20)13(11)17)19-8-6-10(2)16/h3-6,20H,7-8H2,1-2H3/b9-5-,10-6-. The van der Waals surface area contributed by atoms with Crippen molar-refractivity contribution in [2.75, 3.05) is 13.2 Å². The highest BCUT2D eigenvalue weighted by molar-refractivity contribution is 7.80. The third kappa shape index (κ3) is 5.21. The molecule has 2 nitrogen and oxygen atoms in total. The Balaban J connectivity index is 2.76. The third-order valence-corrected chi connectivity index (χ3v) is 2.67. The van der Waals surface area contributed by atoms with Crippen molar-refractivity contribution < 1.29 is 22.6 Å². The molecule has 0 spiro atoms. The van der Waals surface area contributed by atoms with Gasteiger partial charge in [0.05, 0.1) is 16.5 Å². The molecule has 0 aliphatic heterocycles. The summed E-state index contributed by atoms with van der Waals surface area (Å²) in [5.41, 5.74) is 0. The predicted octanol–water partition coefficient (Wildman–Crippen LogP) is 4.62. The second-order valence-electron chi connectivity index (χ2n) is 3.93. The van der Waals surface area contributed by atoms with Crippen LogP contribution in [0.5, 0.6) is 11.5 Å². The molecule has 0 fully saturated rings. The van der Waals surface area contributed by atoms with Crippen molar-refractivity contribution in [3.63, 3.8) is 0 Å². The minimum Gasteiger partial charge on any atom is -0.488 e. The van der Waals surface area contributed by atoms with Crippen LogP contribution in [0.25, 0.3) is 0 Å². The molecule has 0 saturated carbocycles. The number of hydrogen-bond acceptors (Lipinski definition) is 3. The highest BCUT2D eigenvalue weighted by Gasteiger charge is 2.12. The molecule has 110 valence electrons. The van der Waals surface area contributed by atoms with E-state index in [1.165, 1.54) is 38.1 Å². The molecule has 0 amide bonds. The van der Waals surface area contributed by atoms with Gasteiger partial charge in [-0.15, -0.1) is 12.6 Å². The van der Waals surface area contributed by atoms with Crippen LogP contribution < -0.4 is 9.47 Å². The number of halogens is 3. The van der Waals surface area contributed by atoms with Gasteiger partial charge in [0.2, 0.25) is 0 Å². The zero-order chi connectivity index (χ0) is 15.1. The molecule has 6 heteroatoms. The average Bonchev–Trinajstić information content (AvgIpc) is 2.36. The van der Waals surface area contributed by atoms with Gasteiger partial charge in [0.15, 0.2) is 11.6 Å². The Kier molecular flexibility index (Phi) is 6.51. The quantitative estimate of drug-likeness (QED) is 0.773. The van der Waals surface area contributed by atoms with E-state index in [4.69, 9.17) is 9.47 Å².